The predicted octanol–water partition coefficient (Wildman–Crippen LogP) is 2.55. The van der Waals surface area contributed by atoms with Gasteiger partial charge < -0.3 is 10.0 Å². The first-order chi connectivity index (χ1) is 8.18. The van der Waals surface area contributed by atoms with Crippen LogP contribution < -0.4 is 0 Å². The second-order valence-corrected chi connectivity index (χ2v) is 4.37. The van der Waals surface area contributed by atoms with Crippen molar-refractivity contribution in [1.29, 1.82) is 0 Å². The van der Waals surface area contributed by atoms with Gasteiger partial charge in [-0.05, 0) is 31.0 Å². The molecule has 1 aromatic rings. The van der Waals surface area contributed by atoms with Gasteiger partial charge >= 0.3 is 0 Å². The van der Waals surface area contributed by atoms with Gasteiger partial charge in [0, 0.05) is 13.1 Å². The summed E-state index contributed by atoms with van der Waals surface area (Å²) >= 11 is 0. The third-order valence-corrected chi connectivity index (χ3v) is 3.08. The van der Waals surface area contributed by atoms with Gasteiger partial charge in [-0.25, -0.2) is 4.39 Å². The molecule has 1 saturated heterocycles. The quantitative estimate of drug-likeness (QED) is 0.815. The number of phenolic OH excluding ortho intramolecular Hbond substituents is 1. The molecule has 0 spiro atoms. The number of carbonyl (C=O) groups is 1. The van der Waals surface area contributed by atoms with E-state index < -0.39 is 5.82 Å². The Balaban J connectivity index is 2.20. The van der Waals surface area contributed by atoms with Crippen LogP contribution >= 0.6 is 0 Å². The number of carbonyl (C=O) groups excluding carboxylic acids is 1. The molecule has 0 atom stereocenters. The van der Waals surface area contributed by atoms with Gasteiger partial charge in [-0.3, -0.25) is 4.79 Å². The standard InChI is InChI=1S/C13H16FNO2/c14-10-5-6-12(16)11(9-10)13(17)15-7-3-1-2-4-8-15/h5-6,9,16H,1-4,7-8H2. The van der Waals surface area contributed by atoms with E-state index in [4.69, 9.17) is 0 Å². The Morgan fingerprint density at radius 1 is 1.18 bits per heavy atom. The lowest BCUT2D eigenvalue weighted by Crippen LogP contribution is -2.31. The predicted molar refractivity (Wildman–Crippen MR) is 62.4 cm³/mol. The zero-order chi connectivity index (χ0) is 12.3. The van der Waals surface area contributed by atoms with E-state index in [1.165, 1.54) is 6.07 Å². The summed E-state index contributed by atoms with van der Waals surface area (Å²) in [6.45, 7) is 1.38. The monoisotopic (exact) mass is 237 g/mol. The zero-order valence-electron chi connectivity index (χ0n) is 9.66. The summed E-state index contributed by atoms with van der Waals surface area (Å²) in [4.78, 5) is 13.8. The average Bonchev–Trinajstić information content (AvgIpc) is 2.60. The summed E-state index contributed by atoms with van der Waals surface area (Å²) in [7, 11) is 0. The lowest BCUT2D eigenvalue weighted by Gasteiger charge is -2.20. The van der Waals surface area contributed by atoms with E-state index in [2.05, 4.69) is 0 Å². The molecule has 92 valence electrons. The highest BCUT2D eigenvalue weighted by molar-refractivity contribution is 5.96. The third kappa shape index (κ3) is 2.75. The topological polar surface area (TPSA) is 40.5 Å². The number of benzene rings is 1. The van der Waals surface area contributed by atoms with Crippen LogP contribution in [0.2, 0.25) is 0 Å². The van der Waals surface area contributed by atoms with E-state index in [0.29, 0.717) is 13.1 Å². The van der Waals surface area contributed by atoms with Gasteiger partial charge in [0.25, 0.3) is 5.91 Å². The Morgan fingerprint density at radius 2 is 1.82 bits per heavy atom. The molecule has 0 aromatic heterocycles. The Bertz CT molecular complexity index is 412. The first-order valence-electron chi connectivity index (χ1n) is 5.96. The Hall–Kier alpha value is -1.58. The van der Waals surface area contributed by atoms with Gasteiger partial charge in [0.15, 0.2) is 0 Å². The molecule has 0 aliphatic carbocycles. The molecule has 0 saturated carbocycles. The van der Waals surface area contributed by atoms with Crippen LogP contribution in [-0.4, -0.2) is 29.0 Å². The van der Waals surface area contributed by atoms with E-state index in [9.17, 15) is 14.3 Å². The maximum atomic E-state index is 13.1. The van der Waals surface area contributed by atoms with Gasteiger partial charge in [0.1, 0.15) is 11.6 Å². The van der Waals surface area contributed by atoms with Gasteiger partial charge in [-0.1, -0.05) is 12.8 Å². The minimum absolute atomic E-state index is 0.0619. The molecule has 1 heterocycles. The fourth-order valence-corrected chi connectivity index (χ4v) is 2.12. The minimum Gasteiger partial charge on any atom is -0.507 e. The molecule has 1 aliphatic heterocycles. The maximum Gasteiger partial charge on any atom is 0.257 e. The van der Waals surface area contributed by atoms with Crippen molar-refractivity contribution in [3.63, 3.8) is 0 Å². The molecule has 1 amide bonds. The fourth-order valence-electron chi connectivity index (χ4n) is 2.12. The fraction of sp³-hybridized carbons (Fsp3) is 0.462. The van der Waals surface area contributed by atoms with Gasteiger partial charge in [0.05, 0.1) is 5.56 Å². The highest BCUT2D eigenvalue weighted by Gasteiger charge is 2.20. The second-order valence-electron chi connectivity index (χ2n) is 4.37. The van der Waals surface area contributed by atoms with Gasteiger partial charge in [-0.2, -0.15) is 0 Å². The Kier molecular flexibility index (Phi) is 3.61. The molecule has 1 aromatic carbocycles. The van der Waals surface area contributed by atoms with E-state index in [-0.39, 0.29) is 17.2 Å². The first-order valence-corrected chi connectivity index (χ1v) is 5.96. The number of amides is 1. The van der Waals surface area contributed by atoms with Crippen molar-refractivity contribution >= 4 is 5.91 Å². The molecule has 4 heteroatoms. The number of aromatic hydroxyl groups is 1. The Labute approximate surface area is 99.9 Å². The number of likely N-dealkylation sites (tertiary alicyclic amines) is 1. The number of rotatable bonds is 1. The SMILES string of the molecule is O=C(c1cc(F)ccc1O)N1CCCCCC1. The normalized spacial score (nSPS) is 16.6. The third-order valence-electron chi connectivity index (χ3n) is 3.08. The molecule has 2 rings (SSSR count). The Morgan fingerprint density at radius 3 is 2.47 bits per heavy atom. The van der Waals surface area contributed by atoms with Crippen LogP contribution in [0.5, 0.6) is 5.75 Å². The van der Waals surface area contributed by atoms with Crippen molar-refractivity contribution in [3.05, 3.63) is 29.6 Å². The minimum atomic E-state index is -0.499. The van der Waals surface area contributed by atoms with Crippen LogP contribution in [0.1, 0.15) is 36.0 Å². The molecule has 0 bridgehead atoms. The number of halogens is 1. The molecule has 3 nitrogen and oxygen atoms in total. The molecule has 0 radical (unpaired) electrons. The van der Waals surface area contributed by atoms with E-state index in [1.807, 2.05) is 0 Å². The molecular formula is C13H16FNO2. The number of phenols is 1. The maximum absolute atomic E-state index is 13.1. The number of hydrogen-bond donors (Lipinski definition) is 1. The van der Waals surface area contributed by atoms with Crippen LogP contribution in [0.3, 0.4) is 0 Å². The van der Waals surface area contributed by atoms with Crippen LogP contribution in [0.4, 0.5) is 4.39 Å². The largest absolute Gasteiger partial charge is 0.507 e. The van der Waals surface area contributed by atoms with Crippen LogP contribution in [0.15, 0.2) is 18.2 Å². The van der Waals surface area contributed by atoms with Crippen molar-refractivity contribution < 1.29 is 14.3 Å². The summed E-state index contributed by atoms with van der Waals surface area (Å²) in [5, 5.41) is 9.59. The van der Waals surface area contributed by atoms with Crippen molar-refractivity contribution in [2.45, 2.75) is 25.7 Å². The smallest absolute Gasteiger partial charge is 0.257 e. The second kappa shape index (κ2) is 5.17. The zero-order valence-corrected chi connectivity index (χ0v) is 9.66. The van der Waals surface area contributed by atoms with Crippen molar-refractivity contribution in [2.75, 3.05) is 13.1 Å². The van der Waals surface area contributed by atoms with Crippen LogP contribution in [0.25, 0.3) is 0 Å². The summed E-state index contributed by atoms with van der Waals surface area (Å²) in [6, 6.07) is 3.47. The van der Waals surface area contributed by atoms with Crippen molar-refractivity contribution in [3.8, 4) is 5.75 Å². The lowest BCUT2D eigenvalue weighted by molar-refractivity contribution is 0.0758. The lowest BCUT2D eigenvalue weighted by atomic mass is 10.1. The van der Waals surface area contributed by atoms with E-state index in [0.717, 1.165) is 37.8 Å². The van der Waals surface area contributed by atoms with Crippen molar-refractivity contribution in [2.24, 2.45) is 0 Å². The molecule has 1 N–H and O–H groups in total. The van der Waals surface area contributed by atoms with E-state index in [1.54, 1.807) is 4.90 Å². The molecule has 1 aliphatic rings. The number of hydrogen-bond acceptors (Lipinski definition) is 2. The van der Waals surface area contributed by atoms with Crippen LogP contribution in [-0.2, 0) is 0 Å². The molecule has 17 heavy (non-hydrogen) atoms. The van der Waals surface area contributed by atoms with Gasteiger partial charge in [-0.15, -0.1) is 0 Å². The first kappa shape index (κ1) is 11.9. The van der Waals surface area contributed by atoms with Gasteiger partial charge in [0.2, 0.25) is 0 Å². The summed E-state index contributed by atoms with van der Waals surface area (Å²) < 4.78 is 13.1. The number of nitrogens with zero attached hydrogens (tertiary/aromatic N) is 1. The summed E-state index contributed by atoms with van der Waals surface area (Å²) in [6.07, 6.45) is 4.20. The highest BCUT2D eigenvalue weighted by Crippen LogP contribution is 2.21. The average molecular weight is 237 g/mol. The molecule has 0 unspecified atom stereocenters. The van der Waals surface area contributed by atoms with E-state index >= 15 is 0 Å². The molecular weight excluding hydrogens is 221 g/mol. The molecule has 1 fully saturated rings. The van der Waals surface area contributed by atoms with Crippen molar-refractivity contribution in [1.82, 2.24) is 4.90 Å². The summed E-state index contributed by atoms with van der Waals surface area (Å²) in [5.41, 5.74) is 0.0619. The summed E-state index contributed by atoms with van der Waals surface area (Å²) in [5.74, 6) is -0.925. The van der Waals surface area contributed by atoms with Crippen LogP contribution in [0, 0.1) is 5.82 Å². The highest BCUT2D eigenvalue weighted by atomic mass is 19.1.